The number of rotatable bonds is 1. The maximum atomic E-state index is 12.3. The zero-order valence-electron chi connectivity index (χ0n) is 10.1. The van der Waals surface area contributed by atoms with Gasteiger partial charge in [0.2, 0.25) is 5.91 Å². The number of nitrogens with zero attached hydrogens (tertiary/aromatic N) is 1. The van der Waals surface area contributed by atoms with E-state index < -0.39 is 6.23 Å². The number of hydrogen-bond acceptors (Lipinski definition) is 3. The van der Waals surface area contributed by atoms with Crippen LogP contribution in [0, 0.1) is 0 Å². The number of piperidine rings is 1. The number of fused-ring (bicyclic) bond motifs is 1. The van der Waals surface area contributed by atoms with Crippen LogP contribution in [-0.4, -0.2) is 34.1 Å². The van der Waals surface area contributed by atoms with Gasteiger partial charge in [-0.2, -0.15) is 0 Å². The third-order valence-corrected chi connectivity index (χ3v) is 4.13. The SMILES string of the molecule is O=C1CCC(N2Cc3cc(Br)ccc3C2=O)C(O)N1. The van der Waals surface area contributed by atoms with Crippen LogP contribution in [0.25, 0.3) is 0 Å². The lowest BCUT2D eigenvalue weighted by atomic mass is 10.0. The maximum absolute atomic E-state index is 12.3. The predicted octanol–water partition coefficient (Wildman–Crippen LogP) is 1.00. The van der Waals surface area contributed by atoms with Gasteiger partial charge in [0.05, 0.1) is 6.04 Å². The van der Waals surface area contributed by atoms with Crippen molar-refractivity contribution in [1.29, 1.82) is 0 Å². The summed E-state index contributed by atoms with van der Waals surface area (Å²) in [4.78, 5) is 25.2. The molecular formula is C13H13BrN2O3. The minimum absolute atomic E-state index is 0.0808. The Kier molecular flexibility index (Phi) is 3.06. The number of hydrogen-bond donors (Lipinski definition) is 2. The number of halogens is 1. The van der Waals surface area contributed by atoms with Gasteiger partial charge in [-0.25, -0.2) is 0 Å². The van der Waals surface area contributed by atoms with E-state index in [1.165, 1.54) is 0 Å². The van der Waals surface area contributed by atoms with Gasteiger partial charge in [0, 0.05) is 23.0 Å². The van der Waals surface area contributed by atoms with Crippen LogP contribution in [0.2, 0.25) is 0 Å². The number of amides is 2. The molecule has 2 unspecified atom stereocenters. The molecule has 2 aliphatic heterocycles. The highest BCUT2D eigenvalue weighted by Crippen LogP contribution is 2.30. The lowest BCUT2D eigenvalue weighted by molar-refractivity contribution is -0.129. The Morgan fingerprint density at radius 1 is 1.37 bits per heavy atom. The van der Waals surface area contributed by atoms with Crippen molar-refractivity contribution in [2.45, 2.75) is 31.7 Å². The van der Waals surface area contributed by atoms with E-state index in [1.54, 1.807) is 11.0 Å². The van der Waals surface area contributed by atoms with Crippen molar-refractivity contribution in [2.75, 3.05) is 0 Å². The monoisotopic (exact) mass is 324 g/mol. The number of benzene rings is 1. The lowest BCUT2D eigenvalue weighted by Gasteiger charge is -2.35. The van der Waals surface area contributed by atoms with Crippen LogP contribution in [0.4, 0.5) is 0 Å². The smallest absolute Gasteiger partial charge is 0.254 e. The molecule has 2 atom stereocenters. The molecule has 6 heteroatoms. The molecule has 1 fully saturated rings. The minimum atomic E-state index is -0.983. The van der Waals surface area contributed by atoms with Gasteiger partial charge in [0.15, 0.2) is 0 Å². The molecule has 0 spiro atoms. The summed E-state index contributed by atoms with van der Waals surface area (Å²) in [5, 5.41) is 12.4. The molecule has 1 aromatic carbocycles. The fourth-order valence-electron chi connectivity index (χ4n) is 2.68. The van der Waals surface area contributed by atoms with Gasteiger partial charge >= 0.3 is 0 Å². The fraction of sp³-hybridized carbons (Fsp3) is 0.385. The number of aliphatic hydroxyl groups excluding tert-OH is 1. The molecule has 0 aliphatic carbocycles. The first-order valence-electron chi connectivity index (χ1n) is 6.13. The Hall–Kier alpha value is -1.40. The molecule has 5 nitrogen and oxygen atoms in total. The third-order valence-electron chi connectivity index (χ3n) is 3.64. The van der Waals surface area contributed by atoms with E-state index in [0.717, 1.165) is 10.0 Å². The van der Waals surface area contributed by atoms with E-state index in [0.29, 0.717) is 24.9 Å². The summed E-state index contributed by atoms with van der Waals surface area (Å²) < 4.78 is 0.929. The molecule has 2 N–H and O–H groups in total. The normalized spacial score (nSPS) is 26.3. The van der Waals surface area contributed by atoms with Crippen LogP contribution in [0.5, 0.6) is 0 Å². The van der Waals surface area contributed by atoms with Crippen LogP contribution >= 0.6 is 15.9 Å². The summed E-state index contributed by atoms with van der Waals surface area (Å²) in [5.74, 6) is -0.252. The summed E-state index contributed by atoms with van der Waals surface area (Å²) in [6.45, 7) is 0.477. The molecule has 2 heterocycles. The molecule has 0 bridgehead atoms. The molecule has 100 valence electrons. The quantitative estimate of drug-likeness (QED) is 0.809. The van der Waals surface area contributed by atoms with Gasteiger partial charge in [0.1, 0.15) is 6.23 Å². The molecule has 2 aliphatic rings. The van der Waals surface area contributed by atoms with Crippen LogP contribution in [0.3, 0.4) is 0 Å². The van der Waals surface area contributed by atoms with Gasteiger partial charge in [-0.3, -0.25) is 9.59 Å². The van der Waals surface area contributed by atoms with Crippen LogP contribution in [-0.2, 0) is 11.3 Å². The predicted molar refractivity (Wildman–Crippen MR) is 71.2 cm³/mol. The molecule has 0 saturated carbocycles. The van der Waals surface area contributed by atoms with E-state index in [1.807, 2.05) is 12.1 Å². The Morgan fingerprint density at radius 3 is 2.89 bits per heavy atom. The first kappa shape index (κ1) is 12.6. The van der Waals surface area contributed by atoms with E-state index in [2.05, 4.69) is 21.2 Å². The van der Waals surface area contributed by atoms with Crippen molar-refractivity contribution in [3.63, 3.8) is 0 Å². The van der Waals surface area contributed by atoms with Crippen molar-refractivity contribution < 1.29 is 14.7 Å². The number of carbonyl (C=O) groups excluding carboxylic acids is 2. The first-order chi connectivity index (χ1) is 9.06. The lowest BCUT2D eigenvalue weighted by Crippen LogP contribution is -2.55. The molecule has 0 aromatic heterocycles. The molecule has 19 heavy (non-hydrogen) atoms. The Bertz CT molecular complexity index is 561. The van der Waals surface area contributed by atoms with E-state index in [4.69, 9.17) is 0 Å². The van der Waals surface area contributed by atoms with Gasteiger partial charge in [-0.15, -0.1) is 0 Å². The Morgan fingerprint density at radius 2 is 2.16 bits per heavy atom. The van der Waals surface area contributed by atoms with Crippen molar-refractivity contribution in [3.8, 4) is 0 Å². The van der Waals surface area contributed by atoms with Gasteiger partial charge in [-0.1, -0.05) is 15.9 Å². The second kappa shape index (κ2) is 4.61. The second-order valence-corrected chi connectivity index (χ2v) is 5.77. The van der Waals surface area contributed by atoms with Gasteiger partial charge in [-0.05, 0) is 30.2 Å². The number of carbonyl (C=O) groups is 2. The average molecular weight is 325 g/mol. The largest absolute Gasteiger partial charge is 0.372 e. The maximum Gasteiger partial charge on any atom is 0.254 e. The second-order valence-electron chi connectivity index (χ2n) is 4.85. The average Bonchev–Trinajstić information content (AvgIpc) is 2.66. The highest BCUT2D eigenvalue weighted by Gasteiger charge is 2.38. The highest BCUT2D eigenvalue weighted by molar-refractivity contribution is 9.10. The minimum Gasteiger partial charge on any atom is -0.372 e. The molecular weight excluding hydrogens is 312 g/mol. The zero-order chi connectivity index (χ0) is 13.6. The van der Waals surface area contributed by atoms with Crippen LogP contribution in [0.1, 0.15) is 28.8 Å². The van der Waals surface area contributed by atoms with Crippen molar-refractivity contribution in [2.24, 2.45) is 0 Å². The number of aliphatic hydroxyl groups is 1. The molecule has 3 rings (SSSR count). The van der Waals surface area contributed by atoms with E-state index in [9.17, 15) is 14.7 Å². The summed E-state index contributed by atoms with van der Waals surface area (Å²) in [5.41, 5.74) is 1.62. The van der Waals surface area contributed by atoms with Crippen molar-refractivity contribution >= 4 is 27.7 Å². The standard InChI is InChI=1S/C13H13BrN2O3/c14-8-1-2-9-7(5-8)6-16(13(9)19)10-3-4-11(17)15-12(10)18/h1-2,5,10,12,18H,3-4,6H2,(H,15,17). The first-order valence-corrected chi connectivity index (χ1v) is 6.92. The zero-order valence-corrected chi connectivity index (χ0v) is 11.7. The van der Waals surface area contributed by atoms with Gasteiger partial charge < -0.3 is 15.3 Å². The third kappa shape index (κ3) is 2.15. The van der Waals surface area contributed by atoms with E-state index >= 15 is 0 Å². The van der Waals surface area contributed by atoms with Crippen molar-refractivity contribution in [3.05, 3.63) is 33.8 Å². The summed E-state index contributed by atoms with van der Waals surface area (Å²) in [6, 6.07) is 5.19. The molecule has 2 amide bonds. The van der Waals surface area contributed by atoms with Crippen molar-refractivity contribution in [1.82, 2.24) is 10.2 Å². The van der Waals surface area contributed by atoms with E-state index in [-0.39, 0.29) is 17.9 Å². The summed E-state index contributed by atoms with van der Waals surface area (Å²) >= 11 is 3.38. The molecule has 1 aromatic rings. The molecule has 1 saturated heterocycles. The van der Waals surface area contributed by atoms with Crippen LogP contribution < -0.4 is 5.32 Å². The summed E-state index contributed by atoms with van der Waals surface area (Å²) in [6.07, 6.45) is -0.151. The molecule has 0 radical (unpaired) electrons. The summed E-state index contributed by atoms with van der Waals surface area (Å²) in [7, 11) is 0. The van der Waals surface area contributed by atoms with Crippen LogP contribution in [0.15, 0.2) is 22.7 Å². The number of nitrogens with one attached hydrogen (secondary N) is 1. The van der Waals surface area contributed by atoms with Gasteiger partial charge in [0.25, 0.3) is 5.91 Å². The Balaban J connectivity index is 1.85. The highest BCUT2D eigenvalue weighted by atomic mass is 79.9. The fourth-order valence-corrected chi connectivity index (χ4v) is 3.08. The Labute approximate surface area is 118 Å². The topological polar surface area (TPSA) is 69.6 Å².